The summed E-state index contributed by atoms with van der Waals surface area (Å²) in [6.45, 7) is 2.26. The summed E-state index contributed by atoms with van der Waals surface area (Å²) in [7, 11) is 0. The highest BCUT2D eigenvalue weighted by Gasteiger charge is 2.23. The SMILES string of the molecule is CC1CCc2sc3[nH]c(=S)n(-c4ccccc4)c(=O)c3c2C1. The van der Waals surface area contributed by atoms with Gasteiger partial charge < -0.3 is 4.98 Å². The first-order valence-electron chi connectivity index (χ1n) is 7.50. The number of aromatic amines is 1. The minimum absolute atomic E-state index is 0.0107. The molecule has 0 aliphatic heterocycles. The Hall–Kier alpha value is -1.72. The summed E-state index contributed by atoms with van der Waals surface area (Å²) in [5, 5.41) is 0.837. The lowest BCUT2D eigenvalue weighted by molar-refractivity contribution is 0.508. The van der Waals surface area contributed by atoms with E-state index in [0.717, 1.165) is 28.7 Å². The lowest BCUT2D eigenvalue weighted by Crippen LogP contribution is -2.21. The molecule has 0 radical (unpaired) electrons. The number of aromatic nitrogens is 2. The summed E-state index contributed by atoms with van der Waals surface area (Å²) in [4.78, 5) is 18.6. The second kappa shape index (κ2) is 5.18. The van der Waals surface area contributed by atoms with Crippen molar-refractivity contribution in [1.29, 1.82) is 0 Å². The van der Waals surface area contributed by atoms with Gasteiger partial charge in [0.15, 0.2) is 4.77 Å². The van der Waals surface area contributed by atoms with Gasteiger partial charge in [0.25, 0.3) is 5.56 Å². The Bertz CT molecular complexity index is 966. The number of hydrogen-bond acceptors (Lipinski definition) is 3. The number of H-pyrrole nitrogens is 1. The highest BCUT2D eigenvalue weighted by Crippen LogP contribution is 2.35. The summed E-state index contributed by atoms with van der Waals surface area (Å²) in [5.41, 5.74) is 2.07. The molecular formula is C17H16N2OS2. The van der Waals surface area contributed by atoms with Crippen LogP contribution in [-0.4, -0.2) is 9.55 Å². The lowest BCUT2D eigenvalue weighted by Gasteiger charge is -2.17. The second-order valence-electron chi connectivity index (χ2n) is 5.96. The number of nitrogens with one attached hydrogen (secondary N) is 1. The molecule has 22 heavy (non-hydrogen) atoms. The van der Waals surface area contributed by atoms with Gasteiger partial charge in [-0.15, -0.1) is 11.3 Å². The van der Waals surface area contributed by atoms with Gasteiger partial charge in [-0.05, 0) is 55.1 Å². The van der Waals surface area contributed by atoms with Crippen molar-refractivity contribution in [2.45, 2.75) is 26.2 Å². The molecule has 0 bridgehead atoms. The first kappa shape index (κ1) is 13.9. The number of fused-ring (bicyclic) bond motifs is 3. The molecule has 0 saturated carbocycles. The largest absolute Gasteiger partial charge is 0.323 e. The highest BCUT2D eigenvalue weighted by molar-refractivity contribution is 7.71. The molecule has 4 rings (SSSR count). The number of aryl methyl sites for hydroxylation is 1. The van der Waals surface area contributed by atoms with Gasteiger partial charge in [0.1, 0.15) is 4.83 Å². The zero-order valence-corrected chi connectivity index (χ0v) is 13.9. The van der Waals surface area contributed by atoms with E-state index in [9.17, 15) is 4.79 Å². The van der Waals surface area contributed by atoms with Gasteiger partial charge in [0, 0.05) is 4.88 Å². The van der Waals surface area contributed by atoms with Crippen LogP contribution < -0.4 is 5.56 Å². The van der Waals surface area contributed by atoms with E-state index in [1.54, 1.807) is 15.9 Å². The van der Waals surface area contributed by atoms with Crippen LogP contribution in [0.1, 0.15) is 23.8 Å². The topological polar surface area (TPSA) is 37.8 Å². The number of nitrogens with zero attached hydrogens (tertiary/aromatic N) is 1. The Labute approximate surface area is 137 Å². The molecule has 1 aromatic carbocycles. The standard InChI is InChI=1S/C17H16N2OS2/c1-10-7-8-13-12(9-10)14-15(22-13)18-17(21)19(16(14)20)11-5-3-2-4-6-11/h2-6,10H,7-9H2,1H3,(H,18,21). The number of benzene rings is 1. The van der Waals surface area contributed by atoms with Crippen molar-refractivity contribution in [3.8, 4) is 5.69 Å². The first-order valence-corrected chi connectivity index (χ1v) is 8.72. The lowest BCUT2D eigenvalue weighted by atomic mass is 9.89. The predicted molar refractivity (Wildman–Crippen MR) is 93.8 cm³/mol. The van der Waals surface area contributed by atoms with Gasteiger partial charge in [0.05, 0.1) is 11.1 Å². The fourth-order valence-electron chi connectivity index (χ4n) is 3.24. The van der Waals surface area contributed by atoms with Gasteiger partial charge in [-0.1, -0.05) is 25.1 Å². The maximum absolute atomic E-state index is 13.1. The Morgan fingerprint density at radius 3 is 2.86 bits per heavy atom. The molecule has 0 saturated heterocycles. The summed E-state index contributed by atoms with van der Waals surface area (Å²) in [6.07, 6.45) is 3.26. The zero-order valence-electron chi connectivity index (χ0n) is 12.3. The van der Waals surface area contributed by atoms with Crippen LogP contribution in [0.4, 0.5) is 0 Å². The molecule has 1 aliphatic rings. The van der Waals surface area contributed by atoms with Crippen molar-refractivity contribution >= 4 is 33.8 Å². The van der Waals surface area contributed by atoms with Gasteiger partial charge in [-0.3, -0.25) is 9.36 Å². The van der Waals surface area contributed by atoms with Crippen LogP contribution in [0.25, 0.3) is 15.9 Å². The van der Waals surface area contributed by atoms with Crippen molar-refractivity contribution in [2.24, 2.45) is 5.92 Å². The summed E-state index contributed by atoms with van der Waals surface area (Å²) < 4.78 is 2.08. The zero-order chi connectivity index (χ0) is 15.3. The van der Waals surface area contributed by atoms with Crippen molar-refractivity contribution in [3.05, 3.63) is 55.9 Å². The third-order valence-corrected chi connectivity index (χ3v) is 5.85. The molecule has 5 heteroatoms. The average Bonchev–Trinajstić information content (AvgIpc) is 2.85. The van der Waals surface area contributed by atoms with E-state index in [1.165, 1.54) is 16.9 Å². The molecule has 0 spiro atoms. The van der Waals surface area contributed by atoms with Crippen LogP contribution in [0.5, 0.6) is 0 Å². The van der Waals surface area contributed by atoms with E-state index in [2.05, 4.69) is 11.9 Å². The molecule has 3 aromatic rings. The smallest absolute Gasteiger partial charge is 0.267 e. The summed E-state index contributed by atoms with van der Waals surface area (Å²) in [6, 6.07) is 9.61. The molecule has 3 nitrogen and oxygen atoms in total. The van der Waals surface area contributed by atoms with Gasteiger partial charge in [-0.25, -0.2) is 0 Å². The predicted octanol–water partition coefficient (Wildman–Crippen LogP) is 4.23. The monoisotopic (exact) mass is 328 g/mol. The minimum Gasteiger partial charge on any atom is -0.323 e. The molecule has 2 heterocycles. The van der Waals surface area contributed by atoms with Crippen molar-refractivity contribution in [3.63, 3.8) is 0 Å². The minimum atomic E-state index is 0.0107. The van der Waals surface area contributed by atoms with Crippen LogP contribution in [0.2, 0.25) is 0 Å². The number of thiophene rings is 1. The molecule has 1 aliphatic carbocycles. The Balaban J connectivity index is 2.07. The van der Waals surface area contributed by atoms with Gasteiger partial charge in [0.2, 0.25) is 0 Å². The molecule has 1 atom stereocenters. The molecule has 112 valence electrons. The van der Waals surface area contributed by atoms with Crippen LogP contribution in [0, 0.1) is 10.7 Å². The number of hydrogen-bond donors (Lipinski definition) is 1. The molecule has 2 aromatic heterocycles. The van der Waals surface area contributed by atoms with E-state index in [0.29, 0.717) is 10.7 Å². The fraction of sp³-hybridized carbons (Fsp3) is 0.294. The van der Waals surface area contributed by atoms with Crippen molar-refractivity contribution < 1.29 is 0 Å². The molecule has 0 fully saturated rings. The third kappa shape index (κ3) is 2.08. The first-order chi connectivity index (χ1) is 10.6. The Morgan fingerprint density at radius 2 is 2.09 bits per heavy atom. The van der Waals surface area contributed by atoms with Gasteiger partial charge in [-0.2, -0.15) is 0 Å². The van der Waals surface area contributed by atoms with E-state index in [4.69, 9.17) is 12.2 Å². The molecule has 1 N–H and O–H groups in total. The maximum Gasteiger partial charge on any atom is 0.267 e. The van der Waals surface area contributed by atoms with E-state index < -0.39 is 0 Å². The van der Waals surface area contributed by atoms with Crippen LogP contribution in [-0.2, 0) is 12.8 Å². The molecule has 0 amide bonds. The van der Waals surface area contributed by atoms with Crippen LogP contribution in [0.3, 0.4) is 0 Å². The van der Waals surface area contributed by atoms with E-state index in [1.807, 2.05) is 30.3 Å². The number of rotatable bonds is 1. The third-order valence-electron chi connectivity index (χ3n) is 4.36. The average molecular weight is 328 g/mol. The number of para-hydroxylation sites is 1. The normalized spacial score (nSPS) is 17.6. The maximum atomic E-state index is 13.1. The fourth-order valence-corrected chi connectivity index (χ4v) is 4.83. The Kier molecular flexibility index (Phi) is 3.27. The van der Waals surface area contributed by atoms with E-state index >= 15 is 0 Å². The quantitative estimate of drug-likeness (QED) is 0.679. The molecule has 1 unspecified atom stereocenters. The summed E-state index contributed by atoms with van der Waals surface area (Å²) >= 11 is 7.13. The van der Waals surface area contributed by atoms with Crippen molar-refractivity contribution in [2.75, 3.05) is 0 Å². The van der Waals surface area contributed by atoms with E-state index in [-0.39, 0.29) is 5.56 Å². The molecular weight excluding hydrogens is 312 g/mol. The van der Waals surface area contributed by atoms with Gasteiger partial charge >= 0.3 is 0 Å². The Morgan fingerprint density at radius 1 is 1.32 bits per heavy atom. The highest BCUT2D eigenvalue weighted by atomic mass is 32.1. The second-order valence-corrected chi connectivity index (χ2v) is 7.45. The van der Waals surface area contributed by atoms with Crippen molar-refractivity contribution in [1.82, 2.24) is 9.55 Å². The van der Waals surface area contributed by atoms with Crippen LogP contribution in [0.15, 0.2) is 35.1 Å². The van der Waals surface area contributed by atoms with Crippen LogP contribution >= 0.6 is 23.6 Å². The summed E-state index contributed by atoms with van der Waals surface area (Å²) in [5.74, 6) is 0.637.